The third-order valence-corrected chi connectivity index (χ3v) is 0. The zero-order valence-corrected chi connectivity index (χ0v) is 9.88. The molecule has 0 aliphatic carbocycles. The molecule has 0 nitrogen and oxygen atoms in total. The van der Waals surface area contributed by atoms with Gasteiger partial charge in [-0.05, 0) is 0 Å². The van der Waals surface area contributed by atoms with Crippen LogP contribution in [-0.2, 0) is 27.7 Å². The van der Waals surface area contributed by atoms with Gasteiger partial charge in [0.2, 0.25) is 0 Å². The molecule has 0 aliphatic rings. The summed E-state index contributed by atoms with van der Waals surface area (Å²) >= 11 is 0. The van der Waals surface area contributed by atoms with E-state index in [0.717, 1.165) is 0 Å². The van der Waals surface area contributed by atoms with Crippen LogP contribution >= 0.6 is 37.2 Å². The predicted octanol–water partition coefficient (Wildman–Crippen LogP) is 1.26. The summed E-state index contributed by atoms with van der Waals surface area (Å²) in [5.74, 6) is 0. The van der Waals surface area contributed by atoms with Crippen molar-refractivity contribution in [3.05, 3.63) is 0 Å². The Bertz CT molecular complexity index is 3.25. The molecule has 0 aliphatic heterocycles. The molecule has 4 heteroatoms. The van der Waals surface area contributed by atoms with E-state index in [-0.39, 0.29) is 64.9 Å². The van der Waals surface area contributed by atoms with Gasteiger partial charge >= 0.3 is 0 Å². The minimum atomic E-state index is 0. The molecule has 0 unspecified atom stereocenters. The Balaban J connectivity index is 0. The minimum absolute atomic E-state index is 0. The standard InChI is InChI=1S/3ClH.Hg/h3*1H;. The van der Waals surface area contributed by atoms with Gasteiger partial charge in [-0.3, -0.25) is 0 Å². The average Bonchev–Trinajstić information content (AvgIpc) is 0. The van der Waals surface area contributed by atoms with E-state index in [0.29, 0.717) is 0 Å². The summed E-state index contributed by atoms with van der Waals surface area (Å²) in [6.07, 6.45) is 0. The Morgan fingerprint density at radius 1 is 0.500 bits per heavy atom. The SMILES string of the molecule is Cl.Cl.Cl.[Hg]. The molecule has 0 saturated heterocycles. The van der Waals surface area contributed by atoms with Crippen LogP contribution < -0.4 is 0 Å². The maximum atomic E-state index is 0. The first kappa shape index (κ1) is 41.1. The molecule has 0 bridgehead atoms. The topological polar surface area (TPSA) is 0 Å². The quantitative estimate of drug-likeness (QED) is 0.591. The van der Waals surface area contributed by atoms with E-state index < -0.39 is 0 Å². The van der Waals surface area contributed by atoms with Crippen LogP contribution in [0, 0.1) is 0 Å². The van der Waals surface area contributed by atoms with E-state index in [9.17, 15) is 0 Å². The van der Waals surface area contributed by atoms with Crippen molar-refractivity contribution in [3.63, 3.8) is 0 Å². The van der Waals surface area contributed by atoms with E-state index in [1.54, 1.807) is 0 Å². The van der Waals surface area contributed by atoms with Gasteiger partial charge in [0.25, 0.3) is 0 Å². The fourth-order valence-corrected chi connectivity index (χ4v) is 0. The molecule has 26 valence electrons. The second-order valence-electron chi connectivity index (χ2n) is 0. The van der Waals surface area contributed by atoms with E-state index in [1.165, 1.54) is 0 Å². The fourth-order valence-electron chi connectivity index (χ4n) is 0. The van der Waals surface area contributed by atoms with E-state index in [4.69, 9.17) is 0 Å². The van der Waals surface area contributed by atoms with Gasteiger partial charge in [-0.25, -0.2) is 0 Å². The average molecular weight is 310 g/mol. The van der Waals surface area contributed by atoms with Gasteiger partial charge in [0, 0.05) is 27.7 Å². The van der Waals surface area contributed by atoms with Crippen LogP contribution in [0.2, 0.25) is 0 Å². The first-order valence-corrected chi connectivity index (χ1v) is 0. The third-order valence-electron chi connectivity index (χ3n) is 0. The summed E-state index contributed by atoms with van der Waals surface area (Å²) < 4.78 is 0. The Morgan fingerprint density at radius 3 is 0.500 bits per heavy atom. The molecule has 4 heavy (non-hydrogen) atoms. The molecule has 0 amide bonds. The van der Waals surface area contributed by atoms with Crippen molar-refractivity contribution in [1.82, 2.24) is 0 Å². The van der Waals surface area contributed by atoms with Crippen LogP contribution in [0.15, 0.2) is 0 Å². The summed E-state index contributed by atoms with van der Waals surface area (Å²) in [5.41, 5.74) is 0. The predicted molar refractivity (Wildman–Crippen MR) is 21.7 cm³/mol. The normalized spacial score (nSPS) is 0. The zero-order chi connectivity index (χ0) is 0. The molecule has 0 fully saturated rings. The van der Waals surface area contributed by atoms with Crippen molar-refractivity contribution < 1.29 is 27.7 Å². The van der Waals surface area contributed by atoms with Gasteiger partial charge < -0.3 is 0 Å². The molecule has 0 rings (SSSR count). The van der Waals surface area contributed by atoms with Gasteiger partial charge in [0.05, 0.1) is 0 Å². The largest absolute Gasteiger partial charge is 0.147 e. The number of rotatable bonds is 0. The van der Waals surface area contributed by atoms with Gasteiger partial charge in [0.1, 0.15) is 0 Å². The molecule has 0 radical (unpaired) electrons. The molecule has 0 aromatic heterocycles. The van der Waals surface area contributed by atoms with Crippen LogP contribution in [-0.4, -0.2) is 0 Å². The van der Waals surface area contributed by atoms with Crippen molar-refractivity contribution in [2.24, 2.45) is 0 Å². The number of hydrogen-bond donors (Lipinski definition) is 0. The summed E-state index contributed by atoms with van der Waals surface area (Å²) in [7, 11) is 0. The zero-order valence-electron chi connectivity index (χ0n) is 1.93. The maximum absolute atomic E-state index is 0. The van der Waals surface area contributed by atoms with E-state index in [1.807, 2.05) is 0 Å². The Morgan fingerprint density at radius 2 is 0.500 bits per heavy atom. The summed E-state index contributed by atoms with van der Waals surface area (Å²) in [6.45, 7) is 0. The maximum Gasteiger partial charge on any atom is 0 e. The van der Waals surface area contributed by atoms with E-state index >= 15 is 0 Å². The summed E-state index contributed by atoms with van der Waals surface area (Å²) in [4.78, 5) is 0. The van der Waals surface area contributed by atoms with Crippen LogP contribution in [0.5, 0.6) is 0 Å². The van der Waals surface area contributed by atoms with Gasteiger partial charge in [-0.15, -0.1) is 37.2 Å². The van der Waals surface area contributed by atoms with Crippen molar-refractivity contribution >= 4 is 37.2 Å². The second kappa shape index (κ2) is 21.4. The molecular formula is H3Cl3Hg. The Labute approximate surface area is 64.5 Å². The Hall–Kier alpha value is 1.81. The molecule has 0 aromatic rings. The molecule has 0 N–H and O–H groups in total. The fraction of sp³-hybridized carbons (Fsp3) is 0. The monoisotopic (exact) mass is 310 g/mol. The summed E-state index contributed by atoms with van der Waals surface area (Å²) in [6, 6.07) is 0. The van der Waals surface area contributed by atoms with Crippen molar-refractivity contribution in [2.45, 2.75) is 0 Å². The van der Waals surface area contributed by atoms with Crippen LogP contribution in [0.3, 0.4) is 0 Å². The van der Waals surface area contributed by atoms with Crippen molar-refractivity contribution in [1.29, 1.82) is 0 Å². The van der Waals surface area contributed by atoms with Gasteiger partial charge in [0.15, 0.2) is 0 Å². The Kier molecular flexibility index (Phi) is 220. The molecular weight excluding hydrogens is 307 g/mol. The van der Waals surface area contributed by atoms with Gasteiger partial charge in [-0.1, -0.05) is 0 Å². The first-order valence-electron chi connectivity index (χ1n) is 0. The van der Waals surface area contributed by atoms with Crippen LogP contribution in [0.4, 0.5) is 0 Å². The second-order valence-corrected chi connectivity index (χ2v) is 0. The number of halogens is 3. The molecule has 0 aromatic carbocycles. The smallest absolute Gasteiger partial charge is 0 e. The minimum Gasteiger partial charge on any atom is -0.147 e. The van der Waals surface area contributed by atoms with Crippen molar-refractivity contribution in [2.75, 3.05) is 0 Å². The first-order chi connectivity index (χ1) is 0. The molecule has 0 atom stereocenters. The van der Waals surface area contributed by atoms with Crippen LogP contribution in [0.1, 0.15) is 0 Å². The van der Waals surface area contributed by atoms with Gasteiger partial charge in [-0.2, -0.15) is 0 Å². The summed E-state index contributed by atoms with van der Waals surface area (Å²) in [5, 5.41) is 0. The third kappa shape index (κ3) is 9.19. The molecule has 0 spiro atoms. The molecule has 0 saturated carbocycles. The number of hydrogen-bond acceptors (Lipinski definition) is 0. The molecule has 0 heterocycles. The van der Waals surface area contributed by atoms with Crippen molar-refractivity contribution in [3.8, 4) is 0 Å². The van der Waals surface area contributed by atoms with Crippen LogP contribution in [0.25, 0.3) is 0 Å². The van der Waals surface area contributed by atoms with E-state index in [2.05, 4.69) is 0 Å².